The van der Waals surface area contributed by atoms with Crippen LogP contribution < -0.4 is 11.1 Å². The minimum absolute atomic E-state index is 0.161. The number of nitrogens with zero attached hydrogens (tertiary/aromatic N) is 2. The van der Waals surface area contributed by atoms with Gasteiger partial charge in [0.25, 0.3) is 0 Å². The second kappa shape index (κ2) is 5.12. The van der Waals surface area contributed by atoms with E-state index in [1.54, 1.807) is 35.9 Å². The number of carbonyl (C=O) groups is 1. The van der Waals surface area contributed by atoms with E-state index in [2.05, 4.69) is 10.4 Å². The summed E-state index contributed by atoms with van der Waals surface area (Å²) < 4.78 is 1.61. The highest BCUT2D eigenvalue weighted by atomic mass is 16.3. The average Bonchev–Trinajstić information content (AvgIpc) is 2.75. The lowest BCUT2D eigenvalue weighted by molar-refractivity contribution is 0.259. The molecule has 0 saturated heterocycles. The SMILES string of the molecule is Cc1cc(-n2nc(C(C)(C)C)cc2NC(N)=O)ccc1O. The molecule has 0 spiro atoms. The zero-order chi connectivity index (χ0) is 15.8. The van der Waals surface area contributed by atoms with Crippen molar-refractivity contribution in [3.8, 4) is 11.4 Å². The van der Waals surface area contributed by atoms with E-state index in [1.165, 1.54) is 0 Å². The van der Waals surface area contributed by atoms with Crippen LogP contribution in [0.5, 0.6) is 5.75 Å². The van der Waals surface area contributed by atoms with E-state index < -0.39 is 6.03 Å². The van der Waals surface area contributed by atoms with Gasteiger partial charge in [-0.2, -0.15) is 5.10 Å². The highest BCUT2D eigenvalue weighted by Gasteiger charge is 2.21. The van der Waals surface area contributed by atoms with Gasteiger partial charge in [-0.3, -0.25) is 5.32 Å². The molecule has 2 amide bonds. The molecule has 0 aliphatic carbocycles. The van der Waals surface area contributed by atoms with Crippen LogP contribution >= 0.6 is 0 Å². The van der Waals surface area contributed by atoms with Crippen LogP contribution in [-0.4, -0.2) is 20.9 Å². The van der Waals surface area contributed by atoms with Crippen molar-refractivity contribution in [2.75, 3.05) is 5.32 Å². The average molecular weight is 288 g/mol. The van der Waals surface area contributed by atoms with E-state index in [1.807, 2.05) is 20.8 Å². The third kappa shape index (κ3) is 3.16. The zero-order valence-electron chi connectivity index (χ0n) is 12.6. The Morgan fingerprint density at radius 3 is 2.52 bits per heavy atom. The van der Waals surface area contributed by atoms with Crippen molar-refractivity contribution in [1.82, 2.24) is 9.78 Å². The van der Waals surface area contributed by atoms with Crippen molar-refractivity contribution in [1.29, 1.82) is 0 Å². The maximum atomic E-state index is 11.2. The molecule has 6 nitrogen and oxygen atoms in total. The molecule has 6 heteroatoms. The molecule has 1 heterocycles. The van der Waals surface area contributed by atoms with Gasteiger partial charge in [-0.15, -0.1) is 0 Å². The Labute approximate surface area is 123 Å². The molecule has 0 aliphatic rings. The van der Waals surface area contributed by atoms with Crippen LogP contribution in [0.25, 0.3) is 5.69 Å². The lowest BCUT2D eigenvalue weighted by Crippen LogP contribution is -2.21. The summed E-state index contributed by atoms with van der Waals surface area (Å²) in [5.41, 5.74) is 7.35. The fourth-order valence-corrected chi connectivity index (χ4v) is 1.93. The number of carbonyl (C=O) groups excluding carboxylic acids is 1. The van der Waals surface area contributed by atoms with Crippen molar-refractivity contribution in [3.63, 3.8) is 0 Å². The molecule has 1 aromatic carbocycles. The van der Waals surface area contributed by atoms with Gasteiger partial charge < -0.3 is 10.8 Å². The van der Waals surface area contributed by atoms with Crippen LogP contribution in [0.2, 0.25) is 0 Å². The molecule has 0 radical (unpaired) electrons. The van der Waals surface area contributed by atoms with Crippen molar-refractivity contribution < 1.29 is 9.90 Å². The Morgan fingerprint density at radius 2 is 2.00 bits per heavy atom. The largest absolute Gasteiger partial charge is 0.508 e. The Balaban J connectivity index is 2.56. The lowest BCUT2D eigenvalue weighted by Gasteiger charge is -2.14. The molecule has 0 aliphatic heterocycles. The Morgan fingerprint density at radius 1 is 1.33 bits per heavy atom. The third-order valence-electron chi connectivity index (χ3n) is 3.15. The summed E-state index contributed by atoms with van der Waals surface area (Å²) in [5, 5.41) is 16.7. The van der Waals surface area contributed by atoms with Crippen molar-refractivity contribution in [2.24, 2.45) is 5.73 Å². The molecule has 0 fully saturated rings. The Bertz CT molecular complexity index is 683. The van der Waals surface area contributed by atoms with Crippen LogP contribution in [-0.2, 0) is 5.41 Å². The number of primary amides is 1. The zero-order valence-corrected chi connectivity index (χ0v) is 12.6. The first kappa shape index (κ1) is 14.9. The number of aryl methyl sites for hydroxylation is 1. The summed E-state index contributed by atoms with van der Waals surface area (Å²) in [4.78, 5) is 11.2. The highest BCUT2D eigenvalue weighted by molar-refractivity contribution is 5.87. The summed E-state index contributed by atoms with van der Waals surface area (Å²) in [6.45, 7) is 7.91. The maximum Gasteiger partial charge on any atom is 0.317 e. The minimum atomic E-state index is -0.646. The van der Waals surface area contributed by atoms with Crippen molar-refractivity contribution in [3.05, 3.63) is 35.5 Å². The van der Waals surface area contributed by atoms with E-state index in [0.29, 0.717) is 5.82 Å². The summed E-state index contributed by atoms with van der Waals surface area (Å²) in [7, 11) is 0. The maximum absolute atomic E-state index is 11.2. The summed E-state index contributed by atoms with van der Waals surface area (Å²) in [5.74, 6) is 0.712. The number of nitrogens with one attached hydrogen (secondary N) is 1. The lowest BCUT2D eigenvalue weighted by atomic mass is 9.92. The quantitative estimate of drug-likeness (QED) is 0.793. The highest BCUT2D eigenvalue weighted by Crippen LogP contribution is 2.27. The number of rotatable bonds is 2. The van der Waals surface area contributed by atoms with Crippen LogP contribution in [0.3, 0.4) is 0 Å². The molecule has 21 heavy (non-hydrogen) atoms. The third-order valence-corrected chi connectivity index (χ3v) is 3.15. The van der Waals surface area contributed by atoms with Gasteiger partial charge in [0.1, 0.15) is 11.6 Å². The van der Waals surface area contributed by atoms with E-state index in [0.717, 1.165) is 16.9 Å². The monoisotopic (exact) mass is 288 g/mol. The van der Waals surface area contributed by atoms with Gasteiger partial charge in [0.05, 0.1) is 11.4 Å². The number of urea groups is 1. The Kier molecular flexibility index (Phi) is 3.63. The van der Waals surface area contributed by atoms with Gasteiger partial charge in [0.15, 0.2) is 0 Å². The fraction of sp³-hybridized carbons (Fsp3) is 0.333. The second-order valence-corrected chi connectivity index (χ2v) is 6.04. The van der Waals surface area contributed by atoms with Gasteiger partial charge in [-0.25, -0.2) is 9.48 Å². The number of phenols is 1. The number of hydrogen-bond acceptors (Lipinski definition) is 3. The number of hydrogen-bond donors (Lipinski definition) is 3. The predicted octanol–water partition coefficient (Wildman–Crippen LogP) is 2.67. The van der Waals surface area contributed by atoms with E-state index >= 15 is 0 Å². The van der Waals surface area contributed by atoms with Crippen LogP contribution in [0.4, 0.5) is 10.6 Å². The molecule has 4 N–H and O–H groups in total. The first-order valence-corrected chi connectivity index (χ1v) is 6.65. The Hall–Kier alpha value is -2.50. The van der Waals surface area contributed by atoms with Crippen molar-refractivity contribution in [2.45, 2.75) is 33.1 Å². The van der Waals surface area contributed by atoms with E-state index in [-0.39, 0.29) is 11.2 Å². The number of phenolic OH excluding ortho intramolecular Hbond substituents is 1. The first-order chi connectivity index (χ1) is 9.68. The summed E-state index contributed by atoms with van der Waals surface area (Å²) in [6, 6.07) is 6.27. The molecule has 0 unspecified atom stereocenters. The fourth-order valence-electron chi connectivity index (χ4n) is 1.93. The number of anilines is 1. The molecule has 112 valence electrons. The molecule has 2 aromatic rings. The second-order valence-electron chi connectivity index (χ2n) is 6.04. The van der Waals surface area contributed by atoms with Crippen LogP contribution in [0.1, 0.15) is 32.0 Å². The number of amides is 2. The molecular formula is C15H20N4O2. The molecule has 2 rings (SSSR count). The first-order valence-electron chi connectivity index (χ1n) is 6.65. The number of aromatic hydroxyl groups is 1. The van der Waals surface area contributed by atoms with Gasteiger partial charge in [-0.1, -0.05) is 20.8 Å². The van der Waals surface area contributed by atoms with Crippen LogP contribution in [0, 0.1) is 6.92 Å². The van der Waals surface area contributed by atoms with E-state index in [9.17, 15) is 9.90 Å². The summed E-state index contributed by atoms with van der Waals surface area (Å²) >= 11 is 0. The van der Waals surface area contributed by atoms with Crippen molar-refractivity contribution >= 4 is 11.8 Å². The number of benzene rings is 1. The number of nitrogens with two attached hydrogens (primary N) is 1. The van der Waals surface area contributed by atoms with E-state index in [4.69, 9.17) is 5.73 Å². The topological polar surface area (TPSA) is 93.2 Å². The molecule has 0 saturated carbocycles. The van der Waals surface area contributed by atoms with Gasteiger partial charge in [-0.05, 0) is 30.7 Å². The molecule has 0 bridgehead atoms. The molecular weight excluding hydrogens is 268 g/mol. The van der Waals surface area contributed by atoms with Gasteiger partial charge >= 0.3 is 6.03 Å². The molecule has 0 atom stereocenters. The predicted molar refractivity (Wildman–Crippen MR) is 81.9 cm³/mol. The van der Waals surface area contributed by atoms with Crippen LogP contribution in [0.15, 0.2) is 24.3 Å². The number of aromatic nitrogens is 2. The smallest absolute Gasteiger partial charge is 0.317 e. The van der Waals surface area contributed by atoms with Gasteiger partial charge in [0.2, 0.25) is 0 Å². The summed E-state index contributed by atoms with van der Waals surface area (Å²) in [6.07, 6.45) is 0. The normalized spacial score (nSPS) is 11.4. The standard InChI is InChI=1S/C15H20N4O2/c1-9-7-10(5-6-11(9)20)19-13(17-14(16)21)8-12(18-19)15(2,3)4/h5-8,20H,1-4H3,(H3,16,17,21). The minimum Gasteiger partial charge on any atom is -0.508 e. The van der Waals surface area contributed by atoms with Gasteiger partial charge in [0, 0.05) is 11.5 Å². The molecule has 1 aromatic heterocycles.